The number of rotatable bonds is 1. The van der Waals surface area contributed by atoms with Crippen molar-refractivity contribution in [1.82, 2.24) is 0 Å². The van der Waals surface area contributed by atoms with Crippen molar-refractivity contribution in [3.05, 3.63) is 83.4 Å². The first kappa shape index (κ1) is 24.4. The Bertz CT molecular complexity index is 1190. The summed E-state index contributed by atoms with van der Waals surface area (Å²) < 4.78 is 2.36. The van der Waals surface area contributed by atoms with Gasteiger partial charge in [-0.25, -0.2) is 0 Å². The fourth-order valence-electron chi connectivity index (χ4n) is 4.33. The Balaban J connectivity index is 0.000000934. The van der Waals surface area contributed by atoms with E-state index >= 15 is 0 Å². The molecule has 1 radical (unpaired) electrons. The minimum absolute atomic E-state index is 0. The minimum atomic E-state index is 0. The summed E-state index contributed by atoms with van der Waals surface area (Å²) in [5, 5.41) is 5.21. The van der Waals surface area contributed by atoms with Crippen LogP contribution in [0.25, 0.3) is 17.2 Å². The first-order valence-corrected chi connectivity index (χ1v) is 10.5. The predicted octanol–water partition coefficient (Wildman–Crippen LogP) is -0.409. The minimum Gasteiger partial charge on any atom is -1.00 e. The third kappa shape index (κ3) is 4.12. The molecule has 1 fully saturated rings. The van der Waals surface area contributed by atoms with Crippen molar-refractivity contribution in [2.24, 2.45) is 0 Å². The summed E-state index contributed by atoms with van der Waals surface area (Å²) in [5.74, 6) is 0. The van der Waals surface area contributed by atoms with Gasteiger partial charge in [0.1, 0.15) is 0 Å². The van der Waals surface area contributed by atoms with Crippen LogP contribution in [-0.2, 0) is 26.2 Å². The topological polar surface area (TPSA) is 0 Å². The van der Waals surface area contributed by atoms with E-state index < -0.39 is 0 Å². The summed E-state index contributed by atoms with van der Waals surface area (Å²) in [4.78, 5) is 0. The van der Waals surface area contributed by atoms with E-state index in [1.807, 2.05) is 0 Å². The molecule has 3 aliphatic carbocycles. The summed E-state index contributed by atoms with van der Waals surface area (Å²) in [6.45, 7) is 0. The van der Waals surface area contributed by atoms with Gasteiger partial charge in [-0.2, -0.15) is 0 Å². The van der Waals surface area contributed by atoms with Crippen molar-refractivity contribution < 1.29 is 51.0 Å². The van der Waals surface area contributed by atoms with Crippen LogP contribution in [0.15, 0.2) is 51.4 Å². The van der Waals surface area contributed by atoms with Gasteiger partial charge in [-0.05, 0) is 37.3 Å². The largest absolute Gasteiger partial charge is 3.00 e. The molecule has 0 aliphatic heterocycles. The third-order valence-corrected chi connectivity index (χ3v) is 6.58. The Kier molecular flexibility index (Phi) is 8.63. The number of hydrogen-bond acceptors (Lipinski definition) is 0. The normalized spacial score (nSPS) is 15.6. The predicted molar refractivity (Wildman–Crippen MR) is 111 cm³/mol. The van der Waals surface area contributed by atoms with Crippen molar-refractivity contribution >= 4 is 49.1 Å². The van der Waals surface area contributed by atoms with E-state index in [-0.39, 0.29) is 51.0 Å². The molecule has 0 aromatic heterocycles. The molecule has 0 unspecified atom stereocenters. The van der Waals surface area contributed by atoms with E-state index in [9.17, 15) is 0 Å². The van der Waals surface area contributed by atoms with Crippen LogP contribution in [0.1, 0.15) is 43.2 Å². The molecule has 0 saturated heterocycles. The number of fused-ring (bicyclic) bond motifs is 2. The van der Waals surface area contributed by atoms with E-state index in [1.165, 1.54) is 67.7 Å². The van der Waals surface area contributed by atoms with Crippen LogP contribution in [0.2, 0.25) is 0 Å². The molecular formula is C23H17Br2Cl2Zr. The van der Waals surface area contributed by atoms with E-state index in [1.54, 1.807) is 5.57 Å². The number of halogens is 4. The molecule has 28 heavy (non-hydrogen) atoms. The molecule has 1 saturated carbocycles. The zero-order valence-corrected chi connectivity index (χ0v) is 22.2. The van der Waals surface area contributed by atoms with Gasteiger partial charge in [0.15, 0.2) is 0 Å². The monoisotopic (exact) mass is 611 g/mol. The zero-order chi connectivity index (χ0) is 17.0. The fourth-order valence-corrected chi connectivity index (χ4v) is 5.40. The quantitative estimate of drug-likeness (QED) is 0.327. The molecule has 0 spiro atoms. The summed E-state index contributed by atoms with van der Waals surface area (Å²) in [6, 6.07) is 8.80. The number of benzene rings is 2. The Morgan fingerprint density at radius 3 is 2.36 bits per heavy atom. The molecule has 0 heterocycles. The van der Waals surface area contributed by atoms with Gasteiger partial charge in [0.05, 0.1) is 0 Å². The first-order chi connectivity index (χ1) is 12.2. The van der Waals surface area contributed by atoms with E-state index in [4.69, 9.17) is 0 Å². The van der Waals surface area contributed by atoms with Gasteiger partial charge in [0.2, 0.25) is 0 Å². The summed E-state index contributed by atoms with van der Waals surface area (Å²) in [5.41, 5.74) is 5.71. The Morgan fingerprint density at radius 1 is 0.929 bits per heavy atom. The average Bonchev–Trinajstić information content (AvgIpc) is 3.34. The summed E-state index contributed by atoms with van der Waals surface area (Å²) in [6.07, 6.45) is 16.5. The maximum atomic E-state index is 3.92. The molecule has 3 aliphatic rings. The van der Waals surface area contributed by atoms with Crippen LogP contribution in [0.5, 0.6) is 0 Å². The number of hydrogen-bond donors (Lipinski definition) is 0. The van der Waals surface area contributed by atoms with Gasteiger partial charge >= 0.3 is 26.2 Å². The second kappa shape index (κ2) is 9.93. The van der Waals surface area contributed by atoms with Crippen molar-refractivity contribution in [3.8, 4) is 0 Å². The van der Waals surface area contributed by atoms with E-state index in [0.29, 0.717) is 0 Å². The van der Waals surface area contributed by atoms with Gasteiger partial charge in [0, 0.05) is 8.95 Å². The van der Waals surface area contributed by atoms with Crippen molar-refractivity contribution in [3.63, 3.8) is 0 Å². The SMILES string of the molecule is Brc1ccc2c(c1)=c1cc(Br)c(=C3CCCC3)c(C3=CC=CC3)c1[C-]=2.[Cl-].[Cl-].[Zr+3]. The molecular weight excluding hydrogens is 598 g/mol. The van der Waals surface area contributed by atoms with Crippen LogP contribution in [0, 0.1) is 10.4 Å². The van der Waals surface area contributed by atoms with Crippen LogP contribution >= 0.6 is 31.9 Å². The molecule has 5 heteroatoms. The van der Waals surface area contributed by atoms with Gasteiger partial charge in [0.25, 0.3) is 0 Å². The van der Waals surface area contributed by atoms with Crippen molar-refractivity contribution in [2.45, 2.75) is 32.1 Å². The Labute approximate surface area is 213 Å². The Morgan fingerprint density at radius 2 is 1.68 bits per heavy atom. The smallest absolute Gasteiger partial charge is 1.00 e. The standard InChI is InChI=1S/C23H17Br2.2ClH.Zr/c24-17-10-9-16-11-20-19(18(16)12-17)13-21(25)23(15-7-3-4-8-15)22(20)14-5-1-2-6-14;;;/h1-2,5,9-10,12-13H,3-4,6-8H2;2*1H;/q-1;;;+3/p-2. The summed E-state index contributed by atoms with van der Waals surface area (Å²) >= 11 is 7.54. The van der Waals surface area contributed by atoms with Crippen LogP contribution in [-0.4, -0.2) is 0 Å². The van der Waals surface area contributed by atoms with Crippen molar-refractivity contribution in [1.29, 1.82) is 0 Å². The third-order valence-electron chi connectivity index (χ3n) is 5.46. The van der Waals surface area contributed by atoms with Gasteiger partial charge in [-0.1, -0.05) is 85.0 Å². The first-order valence-electron chi connectivity index (χ1n) is 8.87. The maximum absolute atomic E-state index is 3.92. The zero-order valence-electron chi connectivity index (χ0n) is 15.1. The molecule has 0 bridgehead atoms. The van der Waals surface area contributed by atoms with Crippen LogP contribution < -0.4 is 35.3 Å². The molecule has 5 rings (SSSR count). The molecule has 141 valence electrons. The fraction of sp³-hybridized carbons (Fsp3) is 0.217. The summed E-state index contributed by atoms with van der Waals surface area (Å²) in [7, 11) is 0. The van der Waals surface area contributed by atoms with Crippen molar-refractivity contribution in [2.75, 3.05) is 0 Å². The van der Waals surface area contributed by atoms with Gasteiger partial charge in [-0.3, -0.25) is 0 Å². The van der Waals surface area contributed by atoms with E-state index in [2.05, 4.69) is 80.4 Å². The van der Waals surface area contributed by atoms with Gasteiger partial charge < -0.3 is 24.8 Å². The number of allylic oxidation sites excluding steroid dienone is 4. The second-order valence-corrected chi connectivity index (χ2v) is 8.75. The molecule has 0 amide bonds. The molecule has 0 N–H and O–H groups in total. The molecule has 0 atom stereocenters. The Hall–Kier alpha value is 0.0831. The molecule has 0 nitrogen and oxygen atoms in total. The van der Waals surface area contributed by atoms with Gasteiger partial charge in [-0.15, -0.1) is 33.4 Å². The van der Waals surface area contributed by atoms with Crippen LogP contribution in [0.3, 0.4) is 0 Å². The van der Waals surface area contributed by atoms with E-state index in [0.717, 1.165) is 10.9 Å². The van der Waals surface area contributed by atoms with Crippen LogP contribution in [0.4, 0.5) is 0 Å². The molecule has 2 aromatic rings. The average molecular weight is 615 g/mol. The maximum Gasteiger partial charge on any atom is 3.00 e. The second-order valence-electron chi connectivity index (χ2n) is 6.98. The molecule has 2 aromatic carbocycles.